The number of rotatable bonds is 6. The van der Waals surface area contributed by atoms with Crippen molar-refractivity contribution in [3.63, 3.8) is 0 Å². The topological polar surface area (TPSA) is 194 Å². The normalized spacial score (nSPS) is 49.5. The molecule has 0 aromatic rings. The lowest BCUT2D eigenvalue weighted by molar-refractivity contribution is -0.311. The van der Waals surface area contributed by atoms with Crippen LogP contribution < -0.4 is 0 Å². The minimum absolute atomic E-state index is 0.00332. The number of ketones is 1. The Morgan fingerprint density at radius 2 is 1.54 bits per heavy atom. The average molecular weight is 720 g/mol. The molecule has 0 bridgehead atoms. The highest BCUT2D eigenvalue weighted by atomic mass is 16.7. The molecule has 0 amide bonds. The van der Waals surface area contributed by atoms with Gasteiger partial charge >= 0.3 is 5.97 Å². The van der Waals surface area contributed by atoms with Gasteiger partial charge in [0.05, 0.1) is 41.5 Å². The summed E-state index contributed by atoms with van der Waals surface area (Å²) in [7, 11) is 3.28. The van der Waals surface area contributed by atoms with E-state index in [9.17, 15) is 35.1 Å². The number of cyclic esters (lactones) is 1. The van der Waals surface area contributed by atoms with Crippen molar-refractivity contribution in [3.8, 4) is 0 Å². The molecule has 50 heavy (non-hydrogen) atoms. The van der Waals surface area contributed by atoms with Crippen LogP contribution in [0.2, 0.25) is 0 Å². The predicted molar refractivity (Wildman–Crippen MR) is 182 cm³/mol. The van der Waals surface area contributed by atoms with Gasteiger partial charge in [0.1, 0.15) is 23.9 Å². The molecule has 3 aliphatic rings. The van der Waals surface area contributed by atoms with E-state index in [1.54, 1.807) is 62.4 Å². The van der Waals surface area contributed by atoms with Crippen LogP contribution in [0, 0.1) is 17.8 Å². The average Bonchev–Trinajstić information content (AvgIpc) is 3.03. The van der Waals surface area contributed by atoms with Gasteiger partial charge in [0, 0.05) is 38.5 Å². The zero-order valence-electron chi connectivity index (χ0n) is 32.1. The molecule has 3 heterocycles. The summed E-state index contributed by atoms with van der Waals surface area (Å²) in [4.78, 5) is 28.6. The Morgan fingerprint density at radius 1 is 0.920 bits per heavy atom. The maximum Gasteiger partial charge on any atom is 0.311 e. The summed E-state index contributed by atoms with van der Waals surface area (Å²) in [6.45, 7) is 17.3. The van der Waals surface area contributed by atoms with Gasteiger partial charge in [-0.25, -0.2) is 0 Å². The molecule has 17 atom stereocenters. The third kappa shape index (κ3) is 9.43. The highest BCUT2D eigenvalue weighted by Gasteiger charge is 2.52. The molecule has 14 nitrogen and oxygen atoms in total. The standard InChI is InChI=1S/C36H65NO13/c1-13-25-36(10,44)29(40)22(6)37(11)17-18(2)15-34(8,43)31(50-33-27(39)24(38)14-19(3)46-33)20(4)28(21(5)32(42)48-25)49-26-16-35(9,45-12)30(41)23(7)47-26/h18-23,25-31,33,39-41,43-44H,13-17H2,1-12H3/t18-,19-,20+,21-,22-,23+,25-,26+,27-,28+,29-,30+,31-,33?,34-,35-,36-/m1/s1. The first-order valence-electron chi connectivity index (χ1n) is 18.1. The minimum atomic E-state index is -1.82. The van der Waals surface area contributed by atoms with Crippen LogP contribution in [0.15, 0.2) is 0 Å². The second-order valence-corrected chi connectivity index (χ2v) is 16.0. The van der Waals surface area contributed by atoms with Crippen LogP contribution in [0.25, 0.3) is 0 Å². The van der Waals surface area contributed by atoms with Crippen molar-refractivity contribution in [3.05, 3.63) is 0 Å². The fourth-order valence-electron chi connectivity index (χ4n) is 8.10. The lowest BCUT2D eigenvalue weighted by atomic mass is 9.77. The first-order valence-corrected chi connectivity index (χ1v) is 18.1. The van der Waals surface area contributed by atoms with Crippen molar-refractivity contribution < 1.29 is 63.5 Å². The largest absolute Gasteiger partial charge is 0.459 e. The Bertz CT molecular complexity index is 1140. The second kappa shape index (κ2) is 16.8. The quantitative estimate of drug-likeness (QED) is 0.248. The van der Waals surface area contributed by atoms with E-state index >= 15 is 0 Å². The zero-order valence-corrected chi connectivity index (χ0v) is 32.1. The third-order valence-corrected chi connectivity index (χ3v) is 11.4. The molecule has 3 fully saturated rings. The number of ether oxygens (including phenoxy) is 6. The van der Waals surface area contributed by atoms with E-state index in [-0.39, 0.29) is 31.6 Å². The molecule has 292 valence electrons. The molecule has 1 unspecified atom stereocenters. The monoisotopic (exact) mass is 719 g/mol. The molecular formula is C36H65NO13. The summed E-state index contributed by atoms with van der Waals surface area (Å²) in [5, 5.41) is 57.1. The molecule has 0 aromatic heterocycles. The van der Waals surface area contributed by atoms with Crippen molar-refractivity contribution in [1.82, 2.24) is 4.90 Å². The van der Waals surface area contributed by atoms with E-state index in [0.29, 0.717) is 6.54 Å². The van der Waals surface area contributed by atoms with Crippen molar-refractivity contribution >= 4 is 11.8 Å². The van der Waals surface area contributed by atoms with Gasteiger partial charge < -0.3 is 58.9 Å². The Kier molecular flexibility index (Phi) is 14.5. The Morgan fingerprint density at radius 3 is 2.12 bits per heavy atom. The summed E-state index contributed by atoms with van der Waals surface area (Å²) in [5.41, 5.74) is -4.52. The van der Waals surface area contributed by atoms with Gasteiger partial charge in [0.25, 0.3) is 0 Å². The van der Waals surface area contributed by atoms with Crippen molar-refractivity contribution in [1.29, 1.82) is 0 Å². The SMILES string of the molecule is CC[C@H]1OC(=O)[C@H](C)[C@@H](O[C@H]2C[C@@](C)(OC)[C@@H](O)[C@H](C)O2)[C@H](C)[C@@H](OC2O[C@H](C)CC(=O)[C@H]2O)[C@](C)(O)C[C@@H](C)CN(C)[C@H](C)[C@@H](O)[C@]1(C)O. The fraction of sp³-hybridized carbons (Fsp3) is 0.944. The molecule has 3 rings (SSSR count). The highest BCUT2D eigenvalue weighted by molar-refractivity contribution is 5.84. The number of carbonyl (C=O) groups is 2. The van der Waals surface area contributed by atoms with Crippen LogP contribution in [-0.4, -0.2) is 147 Å². The zero-order chi connectivity index (χ0) is 38.1. The van der Waals surface area contributed by atoms with Crippen molar-refractivity contribution in [2.24, 2.45) is 17.8 Å². The number of carbonyl (C=O) groups excluding carboxylic acids is 2. The van der Waals surface area contributed by atoms with Crippen LogP contribution in [-0.2, 0) is 38.0 Å². The van der Waals surface area contributed by atoms with Crippen LogP contribution in [0.5, 0.6) is 0 Å². The van der Waals surface area contributed by atoms with Gasteiger partial charge in [0.15, 0.2) is 24.5 Å². The Balaban J connectivity index is 2.16. The van der Waals surface area contributed by atoms with Gasteiger partial charge in [-0.15, -0.1) is 0 Å². The Labute approximate surface area is 297 Å². The van der Waals surface area contributed by atoms with Gasteiger partial charge in [-0.2, -0.15) is 0 Å². The van der Waals surface area contributed by atoms with Crippen molar-refractivity contribution in [2.45, 2.75) is 179 Å². The maximum absolute atomic E-state index is 14.1. The molecule has 14 heteroatoms. The Hall–Kier alpha value is -1.30. The first kappa shape index (κ1) is 43.1. The number of methoxy groups -OCH3 is 1. The minimum Gasteiger partial charge on any atom is -0.459 e. The molecule has 0 aromatic carbocycles. The third-order valence-electron chi connectivity index (χ3n) is 11.4. The molecule has 0 spiro atoms. The molecule has 5 N–H and O–H groups in total. The van der Waals surface area contributed by atoms with Crippen LogP contribution in [0.1, 0.15) is 94.9 Å². The fourth-order valence-corrected chi connectivity index (χ4v) is 8.10. The van der Waals surface area contributed by atoms with E-state index < -0.39 is 108 Å². The number of nitrogens with zero attached hydrogens (tertiary/aromatic N) is 1. The van der Waals surface area contributed by atoms with E-state index in [1.165, 1.54) is 14.0 Å². The molecule has 0 radical (unpaired) electrons. The van der Waals surface area contributed by atoms with Crippen molar-refractivity contribution in [2.75, 3.05) is 20.7 Å². The molecular weight excluding hydrogens is 654 g/mol. The van der Waals surface area contributed by atoms with Crippen LogP contribution >= 0.6 is 0 Å². The maximum atomic E-state index is 14.1. The number of esters is 1. The summed E-state index contributed by atoms with van der Waals surface area (Å²) >= 11 is 0. The highest BCUT2D eigenvalue weighted by Crippen LogP contribution is 2.39. The first-order chi connectivity index (χ1) is 23.0. The summed E-state index contributed by atoms with van der Waals surface area (Å²) in [6.07, 6.45) is -10.4. The number of aliphatic hydroxyl groups excluding tert-OH is 3. The number of hydrogen-bond donors (Lipinski definition) is 5. The smallest absolute Gasteiger partial charge is 0.311 e. The van der Waals surface area contributed by atoms with E-state index in [4.69, 9.17) is 28.4 Å². The number of hydrogen-bond acceptors (Lipinski definition) is 14. The lowest BCUT2D eigenvalue weighted by Gasteiger charge is -2.48. The second-order valence-electron chi connectivity index (χ2n) is 16.0. The van der Waals surface area contributed by atoms with Gasteiger partial charge in [0.2, 0.25) is 0 Å². The van der Waals surface area contributed by atoms with Gasteiger partial charge in [-0.3, -0.25) is 9.59 Å². The molecule has 0 saturated carbocycles. The van der Waals surface area contributed by atoms with E-state index in [2.05, 4.69) is 0 Å². The lowest BCUT2D eigenvalue weighted by Crippen LogP contribution is -2.59. The number of aliphatic hydroxyl groups is 5. The predicted octanol–water partition coefficient (Wildman–Crippen LogP) is 1.54. The summed E-state index contributed by atoms with van der Waals surface area (Å²) < 4.78 is 36.6. The van der Waals surface area contributed by atoms with E-state index in [0.717, 1.165) is 0 Å². The molecule has 3 aliphatic heterocycles. The summed E-state index contributed by atoms with van der Waals surface area (Å²) in [6, 6.07) is -0.566. The molecule has 0 aliphatic carbocycles. The van der Waals surface area contributed by atoms with Crippen LogP contribution in [0.3, 0.4) is 0 Å². The summed E-state index contributed by atoms with van der Waals surface area (Å²) in [5.74, 6) is -3.28. The van der Waals surface area contributed by atoms with Crippen LogP contribution in [0.4, 0.5) is 0 Å². The number of Topliss-reactive ketones (excluding diaryl/α,β-unsaturated/α-hetero) is 1. The van der Waals surface area contributed by atoms with Gasteiger partial charge in [-0.05, 0) is 74.3 Å². The van der Waals surface area contributed by atoms with Gasteiger partial charge in [-0.1, -0.05) is 20.8 Å². The molecule has 3 saturated heterocycles. The number of likely N-dealkylation sites (N-methyl/N-ethyl adjacent to an activating group) is 1. The van der Waals surface area contributed by atoms with E-state index in [1.807, 2.05) is 11.8 Å².